The maximum Gasteiger partial charge on any atom is 0.223 e. The summed E-state index contributed by atoms with van der Waals surface area (Å²) in [6.07, 6.45) is 4.65. The highest BCUT2D eigenvalue weighted by atomic mass is 16.2. The van der Waals surface area contributed by atoms with Gasteiger partial charge in [0.25, 0.3) is 0 Å². The van der Waals surface area contributed by atoms with Gasteiger partial charge in [0.15, 0.2) is 0 Å². The summed E-state index contributed by atoms with van der Waals surface area (Å²) in [6.45, 7) is 6.48. The van der Waals surface area contributed by atoms with E-state index in [4.69, 9.17) is 0 Å². The van der Waals surface area contributed by atoms with Gasteiger partial charge in [-0.1, -0.05) is 20.3 Å². The molecule has 3 heteroatoms. The van der Waals surface area contributed by atoms with Gasteiger partial charge in [-0.05, 0) is 37.6 Å². The molecule has 0 spiro atoms. The van der Waals surface area contributed by atoms with Crippen LogP contribution < -0.4 is 10.6 Å². The zero-order valence-corrected chi connectivity index (χ0v) is 10.5. The fourth-order valence-corrected chi connectivity index (χ4v) is 3.11. The minimum atomic E-state index is 0.275. The molecule has 1 saturated carbocycles. The predicted molar refractivity (Wildman–Crippen MR) is 65.1 cm³/mol. The summed E-state index contributed by atoms with van der Waals surface area (Å²) in [6, 6.07) is 0.351. The van der Waals surface area contributed by atoms with Gasteiger partial charge in [0.05, 0.1) is 0 Å². The van der Waals surface area contributed by atoms with Crippen LogP contribution in [0.5, 0.6) is 0 Å². The van der Waals surface area contributed by atoms with Gasteiger partial charge in [-0.2, -0.15) is 0 Å². The zero-order chi connectivity index (χ0) is 11.5. The minimum Gasteiger partial charge on any atom is -0.352 e. The van der Waals surface area contributed by atoms with Crippen molar-refractivity contribution in [1.82, 2.24) is 10.6 Å². The van der Waals surface area contributed by atoms with Crippen LogP contribution in [0.25, 0.3) is 0 Å². The van der Waals surface area contributed by atoms with Crippen molar-refractivity contribution in [1.29, 1.82) is 0 Å². The lowest BCUT2D eigenvalue weighted by atomic mass is 9.94. The normalized spacial score (nSPS) is 39.6. The molecule has 1 aliphatic heterocycles. The summed E-state index contributed by atoms with van der Waals surface area (Å²) in [5.74, 6) is 1.83. The molecule has 2 fully saturated rings. The Hall–Kier alpha value is -0.570. The smallest absolute Gasteiger partial charge is 0.223 e. The second-order valence-corrected chi connectivity index (χ2v) is 5.72. The van der Waals surface area contributed by atoms with E-state index in [9.17, 15) is 4.79 Å². The maximum atomic E-state index is 12.1. The molecular formula is C13H24N2O. The van der Waals surface area contributed by atoms with Crippen molar-refractivity contribution in [3.05, 3.63) is 0 Å². The second-order valence-electron chi connectivity index (χ2n) is 5.72. The molecule has 92 valence electrons. The van der Waals surface area contributed by atoms with E-state index in [0.29, 0.717) is 23.8 Å². The third kappa shape index (κ3) is 2.76. The van der Waals surface area contributed by atoms with Crippen LogP contribution in [0.3, 0.4) is 0 Å². The van der Waals surface area contributed by atoms with E-state index in [1.807, 2.05) is 0 Å². The molecule has 4 unspecified atom stereocenters. The Kier molecular flexibility index (Phi) is 3.85. The summed E-state index contributed by atoms with van der Waals surface area (Å²) in [4.78, 5) is 12.1. The largest absolute Gasteiger partial charge is 0.352 e. The van der Waals surface area contributed by atoms with Crippen molar-refractivity contribution in [3.63, 3.8) is 0 Å². The fourth-order valence-electron chi connectivity index (χ4n) is 3.11. The number of carbonyl (C=O) groups is 1. The Morgan fingerprint density at radius 1 is 1.25 bits per heavy atom. The number of nitrogens with one attached hydrogen (secondary N) is 2. The van der Waals surface area contributed by atoms with Crippen molar-refractivity contribution < 1.29 is 4.79 Å². The molecule has 0 aromatic heterocycles. The molecule has 3 nitrogen and oxygen atoms in total. The van der Waals surface area contributed by atoms with Crippen molar-refractivity contribution >= 4 is 5.91 Å². The number of carbonyl (C=O) groups excluding carboxylic acids is 1. The highest BCUT2D eigenvalue weighted by Crippen LogP contribution is 2.31. The first kappa shape index (κ1) is 11.9. The lowest BCUT2D eigenvalue weighted by molar-refractivity contribution is -0.126. The second kappa shape index (κ2) is 5.17. The Morgan fingerprint density at radius 2 is 2.06 bits per heavy atom. The minimum absolute atomic E-state index is 0.275. The molecule has 1 aliphatic carbocycles. The average molecular weight is 224 g/mol. The van der Waals surface area contributed by atoms with Crippen molar-refractivity contribution in [3.8, 4) is 0 Å². The topological polar surface area (TPSA) is 41.1 Å². The highest BCUT2D eigenvalue weighted by Gasteiger charge is 2.31. The molecule has 2 aliphatic rings. The number of piperidine rings is 1. The molecule has 4 atom stereocenters. The highest BCUT2D eigenvalue weighted by molar-refractivity contribution is 5.79. The van der Waals surface area contributed by atoms with Gasteiger partial charge in [-0.15, -0.1) is 0 Å². The van der Waals surface area contributed by atoms with E-state index < -0.39 is 0 Å². The fraction of sp³-hybridized carbons (Fsp3) is 0.923. The molecule has 2 N–H and O–H groups in total. The van der Waals surface area contributed by atoms with Crippen molar-refractivity contribution in [2.45, 2.75) is 45.6 Å². The van der Waals surface area contributed by atoms with Crippen LogP contribution in [0.2, 0.25) is 0 Å². The van der Waals surface area contributed by atoms with E-state index in [2.05, 4.69) is 24.5 Å². The average Bonchev–Trinajstić information content (AvgIpc) is 2.64. The number of rotatable bonds is 2. The Morgan fingerprint density at radius 3 is 2.69 bits per heavy atom. The zero-order valence-electron chi connectivity index (χ0n) is 10.5. The van der Waals surface area contributed by atoms with Gasteiger partial charge in [0.1, 0.15) is 0 Å². The molecule has 0 aromatic rings. The summed E-state index contributed by atoms with van der Waals surface area (Å²) >= 11 is 0. The first-order chi connectivity index (χ1) is 7.66. The summed E-state index contributed by atoms with van der Waals surface area (Å²) in [5, 5.41) is 6.60. The quantitative estimate of drug-likeness (QED) is 0.747. The lowest BCUT2D eigenvalue weighted by Crippen LogP contribution is -2.50. The molecule has 0 aromatic carbocycles. The van der Waals surface area contributed by atoms with Gasteiger partial charge in [0.2, 0.25) is 5.91 Å². The van der Waals surface area contributed by atoms with Crippen LogP contribution in [0.15, 0.2) is 0 Å². The van der Waals surface area contributed by atoms with Crippen LogP contribution >= 0.6 is 0 Å². The number of hydrogen-bond acceptors (Lipinski definition) is 2. The van der Waals surface area contributed by atoms with Crippen molar-refractivity contribution in [2.24, 2.45) is 17.8 Å². The van der Waals surface area contributed by atoms with E-state index in [1.165, 1.54) is 12.8 Å². The van der Waals surface area contributed by atoms with Crippen molar-refractivity contribution in [2.75, 3.05) is 13.1 Å². The third-order valence-electron chi connectivity index (χ3n) is 4.12. The third-order valence-corrected chi connectivity index (χ3v) is 4.12. The lowest BCUT2D eigenvalue weighted by Gasteiger charge is -2.29. The summed E-state index contributed by atoms with van der Waals surface area (Å²) < 4.78 is 0. The maximum absolute atomic E-state index is 12.1. The number of hydrogen-bond donors (Lipinski definition) is 2. The molecular weight excluding hydrogens is 200 g/mol. The number of amides is 1. The van der Waals surface area contributed by atoms with Crippen LogP contribution in [-0.2, 0) is 4.79 Å². The van der Waals surface area contributed by atoms with Crippen LogP contribution in [0.4, 0.5) is 0 Å². The molecule has 1 saturated heterocycles. The van der Waals surface area contributed by atoms with Crippen LogP contribution in [-0.4, -0.2) is 25.0 Å². The van der Waals surface area contributed by atoms with Gasteiger partial charge >= 0.3 is 0 Å². The van der Waals surface area contributed by atoms with E-state index in [-0.39, 0.29) is 5.92 Å². The molecule has 16 heavy (non-hydrogen) atoms. The van der Waals surface area contributed by atoms with Gasteiger partial charge < -0.3 is 10.6 Å². The summed E-state index contributed by atoms with van der Waals surface area (Å²) in [5.41, 5.74) is 0. The monoisotopic (exact) mass is 224 g/mol. The summed E-state index contributed by atoms with van der Waals surface area (Å²) in [7, 11) is 0. The molecule has 0 bridgehead atoms. The molecule has 2 rings (SSSR count). The Balaban J connectivity index is 1.82. The van der Waals surface area contributed by atoms with Gasteiger partial charge in [0, 0.05) is 18.5 Å². The standard InChI is InChI=1S/C13H24N2O/c1-9-6-11(8-14-7-9)15-13(16)12-5-3-4-10(12)2/h9-12,14H,3-8H2,1-2H3,(H,15,16). The molecule has 0 radical (unpaired) electrons. The van der Waals surface area contributed by atoms with Crippen LogP contribution in [0.1, 0.15) is 39.5 Å². The van der Waals surface area contributed by atoms with Gasteiger partial charge in [-0.3, -0.25) is 4.79 Å². The van der Waals surface area contributed by atoms with Crippen LogP contribution in [0, 0.1) is 17.8 Å². The van der Waals surface area contributed by atoms with E-state index >= 15 is 0 Å². The first-order valence-corrected chi connectivity index (χ1v) is 6.68. The van der Waals surface area contributed by atoms with E-state index in [0.717, 1.165) is 25.9 Å². The van der Waals surface area contributed by atoms with E-state index in [1.54, 1.807) is 0 Å². The predicted octanol–water partition coefficient (Wildman–Crippen LogP) is 1.54. The first-order valence-electron chi connectivity index (χ1n) is 6.68. The molecule has 1 heterocycles. The Labute approximate surface area is 98.4 Å². The Bertz CT molecular complexity index is 254. The molecule has 1 amide bonds. The SMILES string of the molecule is CC1CNCC(NC(=O)C2CCCC2C)C1. The van der Waals surface area contributed by atoms with Gasteiger partial charge in [-0.25, -0.2) is 0 Å².